The molecule has 1 aromatic carbocycles. The van der Waals surface area contributed by atoms with Crippen molar-refractivity contribution in [3.63, 3.8) is 0 Å². The number of rotatable bonds is 4. The molecule has 0 nitrogen and oxygen atoms in total. The molecule has 0 aliphatic heterocycles. The molecule has 0 saturated carbocycles. The van der Waals surface area contributed by atoms with Gasteiger partial charge in [-0.3, -0.25) is 0 Å². The van der Waals surface area contributed by atoms with Gasteiger partial charge in [-0.2, -0.15) is 0 Å². The average Bonchev–Trinajstić information content (AvgIpc) is 2.26. The fourth-order valence-corrected chi connectivity index (χ4v) is 2.66. The van der Waals surface area contributed by atoms with E-state index in [2.05, 4.69) is 53.7 Å². The normalized spacial score (nSPS) is 11.5. The van der Waals surface area contributed by atoms with E-state index in [0.717, 1.165) is 12.8 Å². The fourth-order valence-electron chi connectivity index (χ4n) is 2.66. The van der Waals surface area contributed by atoms with Crippen LogP contribution >= 0.6 is 0 Å². The highest BCUT2D eigenvalue weighted by Crippen LogP contribution is 2.32. The van der Waals surface area contributed by atoms with Crippen LogP contribution in [0.5, 0.6) is 0 Å². The molecule has 0 unspecified atom stereocenters. The lowest BCUT2D eigenvalue weighted by Gasteiger charge is -2.22. The topological polar surface area (TPSA) is 0 Å². The van der Waals surface area contributed by atoms with Gasteiger partial charge in [0, 0.05) is 0 Å². The van der Waals surface area contributed by atoms with Gasteiger partial charge in [-0.1, -0.05) is 53.7 Å². The van der Waals surface area contributed by atoms with Crippen LogP contribution in [0.4, 0.5) is 0 Å². The monoisotopic (exact) mass is 218 g/mol. The summed E-state index contributed by atoms with van der Waals surface area (Å²) in [6.45, 7) is 13.8. The Morgan fingerprint density at radius 1 is 0.875 bits per heavy atom. The highest BCUT2D eigenvalue weighted by molar-refractivity contribution is 5.44. The van der Waals surface area contributed by atoms with E-state index in [1.165, 1.54) is 5.56 Å². The van der Waals surface area contributed by atoms with Crippen molar-refractivity contribution < 1.29 is 0 Å². The largest absolute Gasteiger partial charge is 0.0613 e. The van der Waals surface area contributed by atoms with E-state index in [9.17, 15) is 0 Å². The molecule has 0 aliphatic carbocycles. The molecule has 0 aromatic heterocycles. The van der Waals surface area contributed by atoms with Crippen molar-refractivity contribution in [1.29, 1.82) is 0 Å². The maximum atomic E-state index is 2.35. The molecule has 0 saturated heterocycles. The van der Waals surface area contributed by atoms with Crippen LogP contribution in [0.3, 0.4) is 0 Å². The summed E-state index contributed by atoms with van der Waals surface area (Å²) in [5, 5.41) is 0. The quantitative estimate of drug-likeness (QED) is 0.662. The van der Waals surface area contributed by atoms with Crippen molar-refractivity contribution in [2.75, 3.05) is 0 Å². The molecule has 0 fully saturated rings. The van der Waals surface area contributed by atoms with E-state index in [1.54, 1.807) is 16.7 Å². The predicted molar refractivity (Wildman–Crippen MR) is 73.4 cm³/mol. The molecular formula is C16H26. The summed E-state index contributed by atoms with van der Waals surface area (Å²) >= 11 is 0. The van der Waals surface area contributed by atoms with Crippen LogP contribution in [0.2, 0.25) is 0 Å². The van der Waals surface area contributed by atoms with Crippen molar-refractivity contribution in [2.45, 2.75) is 66.2 Å². The maximum Gasteiger partial charge on any atom is -0.0213 e. The first-order valence-corrected chi connectivity index (χ1v) is 6.67. The summed E-state index contributed by atoms with van der Waals surface area (Å²) in [4.78, 5) is 0. The van der Waals surface area contributed by atoms with Gasteiger partial charge in [0.1, 0.15) is 0 Å². The minimum absolute atomic E-state index is 0.633. The third-order valence-electron chi connectivity index (χ3n) is 3.42. The molecule has 0 aliphatic rings. The Labute approximate surface area is 101 Å². The maximum absolute atomic E-state index is 2.35. The lowest BCUT2D eigenvalue weighted by atomic mass is 9.83. The second-order valence-electron chi connectivity index (χ2n) is 5.22. The Balaban J connectivity index is 3.44. The minimum atomic E-state index is 0.633. The van der Waals surface area contributed by atoms with Crippen LogP contribution in [-0.2, 0) is 12.8 Å². The molecular weight excluding hydrogens is 192 g/mol. The Hall–Kier alpha value is -0.780. The van der Waals surface area contributed by atoms with Gasteiger partial charge in [-0.15, -0.1) is 0 Å². The zero-order chi connectivity index (χ0) is 12.3. The standard InChI is InChI=1S/C16H26/c1-7-13-9-10-15(11(3)4)16(12(5)6)14(13)8-2/h9-12H,7-8H2,1-6H3. The third kappa shape index (κ3) is 2.48. The summed E-state index contributed by atoms with van der Waals surface area (Å²) in [6.07, 6.45) is 2.32. The van der Waals surface area contributed by atoms with Crippen LogP contribution in [0, 0.1) is 0 Å². The number of aryl methyl sites for hydroxylation is 1. The summed E-state index contributed by atoms with van der Waals surface area (Å²) < 4.78 is 0. The number of benzene rings is 1. The smallest absolute Gasteiger partial charge is 0.0213 e. The zero-order valence-electron chi connectivity index (χ0n) is 11.7. The van der Waals surface area contributed by atoms with Gasteiger partial charge >= 0.3 is 0 Å². The van der Waals surface area contributed by atoms with E-state index in [1.807, 2.05) is 0 Å². The molecule has 0 amide bonds. The molecule has 0 atom stereocenters. The second-order valence-corrected chi connectivity index (χ2v) is 5.22. The highest BCUT2D eigenvalue weighted by Gasteiger charge is 2.15. The van der Waals surface area contributed by atoms with Gasteiger partial charge in [-0.05, 0) is 46.9 Å². The van der Waals surface area contributed by atoms with Gasteiger partial charge in [0.2, 0.25) is 0 Å². The van der Waals surface area contributed by atoms with Crippen molar-refractivity contribution in [3.05, 3.63) is 34.4 Å². The Kier molecular flexibility index (Phi) is 4.58. The van der Waals surface area contributed by atoms with Gasteiger partial charge in [-0.25, -0.2) is 0 Å². The second kappa shape index (κ2) is 5.52. The van der Waals surface area contributed by atoms with Crippen molar-refractivity contribution in [2.24, 2.45) is 0 Å². The van der Waals surface area contributed by atoms with Gasteiger partial charge in [0.05, 0.1) is 0 Å². The molecule has 0 heteroatoms. The summed E-state index contributed by atoms with van der Waals surface area (Å²) in [5.41, 5.74) is 6.29. The SMILES string of the molecule is CCc1ccc(C(C)C)c(C(C)C)c1CC. The lowest BCUT2D eigenvalue weighted by molar-refractivity contribution is 0.770. The lowest BCUT2D eigenvalue weighted by Crippen LogP contribution is -2.06. The van der Waals surface area contributed by atoms with E-state index in [0.29, 0.717) is 11.8 Å². The Bertz CT molecular complexity index is 345. The van der Waals surface area contributed by atoms with E-state index in [4.69, 9.17) is 0 Å². The summed E-state index contributed by atoms with van der Waals surface area (Å²) in [5.74, 6) is 1.27. The number of hydrogen-bond donors (Lipinski definition) is 0. The fraction of sp³-hybridized carbons (Fsp3) is 0.625. The summed E-state index contributed by atoms with van der Waals surface area (Å²) in [7, 11) is 0. The molecule has 0 heterocycles. The van der Waals surface area contributed by atoms with Crippen LogP contribution in [0.25, 0.3) is 0 Å². The Morgan fingerprint density at radius 2 is 1.50 bits per heavy atom. The van der Waals surface area contributed by atoms with Gasteiger partial charge < -0.3 is 0 Å². The molecule has 1 aromatic rings. The molecule has 1 rings (SSSR count). The first-order valence-electron chi connectivity index (χ1n) is 6.67. The van der Waals surface area contributed by atoms with Gasteiger partial charge in [0.15, 0.2) is 0 Å². The van der Waals surface area contributed by atoms with Crippen LogP contribution in [-0.4, -0.2) is 0 Å². The molecule has 0 N–H and O–H groups in total. The first kappa shape index (κ1) is 13.3. The molecule has 0 spiro atoms. The Morgan fingerprint density at radius 3 is 1.88 bits per heavy atom. The van der Waals surface area contributed by atoms with Gasteiger partial charge in [0.25, 0.3) is 0 Å². The third-order valence-corrected chi connectivity index (χ3v) is 3.42. The average molecular weight is 218 g/mol. The molecule has 90 valence electrons. The molecule has 0 bridgehead atoms. The van der Waals surface area contributed by atoms with Crippen molar-refractivity contribution >= 4 is 0 Å². The van der Waals surface area contributed by atoms with Crippen LogP contribution in [0.15, 0.2) is 12.1 Å². The number of hydrogen-bond acceptors (Lipinski definition) is 0. The zero-order valence-corrected chi connectivity index (χ0v) is 11.7. The van der Waals surface area contributed by atoms with Crippen molar-refractivity contribution in [3.8, 4) is 0 Å². The van der Waals surface area contributed by atoms with E-state index < -0.39 is 0 Å². The van der Waals surface area contributed by atoms with E-state index >= 15 is 0 Å². The predicted octanol–water partition coefficient (Wildman–Crippen LogP) is 5.06. The highest BCUT2D eigenvalue weighted by atomic mass is 14.2. The molecule has 0 radical (unpaired) electrons. The van der Waals surface area contributed by atoms with Crippen molar-refractivity contribution in [1.82, 2.24) is 0 Å². The first-order chi connectivity index (χ1) is 7.52. The van der Waals surface area contributed by atoms with E-state index in [-0.39, 0.29) is 0 Å². The summed E-state index contributed by atoms with van der Waals surface area (Å²) in [6, 6.07) is 4.68. The minimum Gasteiger partial charge on any atom is -0.0613 e. The van der Waals surface area contributed by atoms with Crippen LogP contribution in [0.1, 0.15) is 75.6 Å². The molecule has 16 heavy (non-hydrogen) atoms. The van der Waals surface area contributed by atoms with Crippen LogP contribution < -0.4 is 0 Å².